The topological polar surface area (TPSA) is 89.3 Å². The van der Waals surface area contributed by atoms with Gasteiger partial charge in [0.15, 0.2) is 5.82 Å². The van der Waals surface area contributed by atoms with E-state index in [0.717, 1.165) is 32.4 Å². The molecule has 1 aliphatic carbocycles. The lowest BCUT2D eigenvalue weighted by molar-refractivity contribution is -0.115. The fraction of sp³-hybridized carbons (Fsp3) is 0.500. The van der Waals surface area contributed by atoms with Gasteiger partial charge in [0.1, 0.15) is 5.75 Å². The van der Waals surface area contributed by atoms with E-state index in [-0.39, 0.29) is 24.7 Å². The number of piperidine rings is 1. The molecule has 0 bridgehead atoms. The van der Waals surface area contributed by atoms with Gasteiger partial charge in [0.25, 0.3) is 0 Å². The number of ether oxygens (including phenoxy) is 1. The van der Waals surface area contributed by atoms with Crippen LogP contribution in [-0.2, 0) is 11.2 Å². The number of nitrogens with one attached hydrogen (secondary N) is 2. The molecule has 2 N–H and O–H groups in total. The molecule has 1 spiro atoms. The maximum atomic E-state index is 12.2. The van der Waals surface area contributed by atoms with Gasteiger partial charge in [0, 0.05) is 5.92 Å². The summed E-state index contributed by atoms with van der Waals surface area (Å²) in [5.41, 5.74) is 0.976. The zero-order valence-corrected chi connectivity index (χ0v) is 15.5. The second kappa shape index (κ2) is 7.63. The molecule has 1 unspecified atom stereocenters. The van der Waals surface area contributed by atoms with Crippen LogP contribution in [0.1, 0.15) is 36.9 Å². The van der Waals surface area contributed by atoms with Crippen LogP contribution in [0, 0.1) is 5.41 Å². The highest BCUT2D eigenvalue weighted by Gasteiger charge is 2.57. The number of carbonyl (C=O) groups is 1. The first-order valence-electron chi connectivity index (χ1n) is 8.66. The number of para-hydroxylation sites is 2. The minimum absolute atomic E-state index is 0. The number of rotatable bonds is 5. The van der Waals surface area contributed by atoms with Crippen LogP contribution in [0.4, 0.5) is 5.69 Å². The largest absolute Gasteiger partial charge is 0.495 e. The Bertz CT molecular complexity index is 773. The van der Waals surface area contributed by atoms with Gasteiger partial charge in [-0.2, -0.15) is 4.98 Å². The van der Waals surface area contributed by atoms with Crippen molar-refractivity contribution >= 4 is 24.0 Å². The van der Waals surface area contributed by atoms with Crippen LogP contribution in [-0.4, -0.2) is 36.2 Å². The number of hydrogen-bond acceptors (Lipinski definition) is 6. The van der Waals surface area contributed by atoms with Gasteiger partial charge >= 0.3 is 0 Å². The number of amides is 1. The van der Waals surface area contributed by atoms with Gasteiger partial charge in [-0.15, -0.1) is 12.4 Å². The molecule has 1 aromatic heterocycles. The molecule has 2 aliphatic rings. The number of halogens is 1. The number of hydrogen-bond donors (Lipinski definition) is 2. The van der Waals surface area contributed by atoms with E-state index in [2.05, 4.69) is 20.8 Å². The quantitative estimate of drug-likeness (QED) is 0.831. The third-order valence-electron chi connectivity index (χ3n) is 5.27. The van der Waals surface area contributed by atoms with Crippen LogP contribution in [0.15, 0.2) is 28.8 Å². The smallest absolute Gasteiger partial charge is 0.232 e. The van der Waals surface area contributed by atoms with Crippen LogP contribution < -0.4 is 15.4 Å². The summed E-state index contributed by atoms with van der Waals surface area (Å²) in [6.07, 6.45) is 3.51. The molecule has 1 atom stereocenters. The van der Waals surface area contributed by atoms with Gasteiger partial charge in [-0.3, -0.25) is 4.79 Å². The number of carbonyl (C=O) groups excluding carboxylic acids is 1. The monoisotopic (exact) mass is 378 g/mol. The molecule has 1 aliphatic heterocycles. The minimum atomic E-state index is -0.191. The molecule has 1 saturated heterocycles. The van der Waals surface area contributed by atoms with E-state index in [1.54, 1.807) is 19.2 Å². The standard InChI is InChI=1S/C18H22N4O3.ClH/c1-24-14-5-3-2-4-13(14)20-16(23)10-15-21-17(25-22-15)12-11-18(12)6-8-19-9-7-18;/h2-5,12,19H,6-11H2,1H3,(H,20,23);1H. The predicted molar refractivity (Wildman–Crippen MR) is 98.8 cm³/mol. The van der Waals surface area contributed by atoms with Crippen LogP contribution in [0.25, 0.3) is 0 Å². The van der Waals surface area contributed by atoms with Crippen LogP contribution in [0.5, 0.6) is 5.75 Å². The Balaban J connectivity index is 0.00000196. The number of aromatic nitrogens is 2. The van der Waals surface area contributed by atoms with E-state index in [9.17, 15) is 4.79 Å². The van der Waals surface area contributed by atoms with Crippen LogP contribution >= 0.6 is 12.4 Å². The minimum Gasteiger partial charge on any atom is -0.495 e. The van der Waals surface area contributed by atoms with Crippen molar-refractivity contribution < 1.29 is 14.1 Å². The normalized spacial score (nSPS) is 20.3. The first-order valence-corrected chi connectivity index (χ1v) is 8.66. The van der Waals surface area contributed by atoms with Gasteiger partial charge in [-0.25, -0.2) is 0 Å². The molecule has 1 amide bonds. The Morgan fingerprint density at radius 1 is 1.38 bits per heavy atom. The van der Waals surface area contributed by atoms with Crippen molar-refractivity contribution in [1.82, 2.24) is 15.5 Å². The third-order valence-corrected chi connectivity index (χ3v) is 5.27. The summed E-state index contributed by atoms with van der Waals surface area (Å²) in [5.74, 6) is 1.90. The van der Waals surface area contributed by atoms with E-state index < -0.39 is 0 Å². The fourth-order valence-corrected chi connectivity index (χ4v) is 3.74. The summed E-state index contributed by atoms with van der Waals surface area (Å²) in [6.45, 7) is 2.11. The average Bonchev–Trinajstić information content (AvgIpc) is 3.11. The van der Waals surface area contributed by atoms with Crippen molar-refractivity contribution in [2.24, 2.45) is 5.41 Å². The molecular formula is C18H23ClN4O3. The molecule has 2 aromatic rings. The summed E-state index contributed by atoms with van der Waals surface area (Å²) in [6, 6.07) is 7.29. The predicted octanol–water partition coefficient (Wildman–Crippen LogP) is 2.54. The highest BCUT2D eigenvalue weighted by molar-refractivity contribution is 5.93. The number of nitrogens with zero attached hydrogens (tertiary/aromatic N) is 2. The lowest BCUT2D eigenvalue weighted by atomic mass is 9.92. The van der Waals surface area contributed by atoms with Gasteiger partial charge in [0.2, 0.25) is 11.8 Å². The molecule has 1 saturated carbocycles. The third kappa shape index (κ3) is 3.68. The molecule has 140 valence electrons. The van der Waals surface area contributed by atoms with Gasteiger partial charge in [0.05, 0.1) is 19.2 Å². The van der Waals surface area contributed by atoms with E-state index in [1.807, 2.05) is 12.1 Å². The highest BCUT2D eigenvalue weighted by atomic mass is 35.5. The molecule has 7 nitrogen and oxygen atoms in total. The van der Waals surface area contributed by atoms with Crippen molar-refractivity contribution in [2.45, 2.75) is 31.6 Å². The average molecular weight is 379 g/mol. The summed E-state index contributed by atoms with van der Waals surface area (Å²) in [7, 11) is 1.57. The number of methoxy groups -OCH3 is 1. The van der Waals surface area contributed by atoms with Crippen LogP contribution in [0.3, 0.4) is 0 Å². The zero-order valence-electron chi connectivity index (χ0n) is 14.7. The van der Waals surface area contributed by atoms with Gasteiger partial charge in [-0.1, -0.05) is 17.3 Å². The Kier molecular flexibility index (Phi) is 5.48. The maximum Gasteiger partial charge on any atom is 0.232 e. The zero-order chi connectivity index (χ0) is 17.3. The molecule has 8 heteroatoms. The Hall–Kier alpha value is -2.12. The lowest BCUT2D eigenvalue weighted by Crippen LogP contribution is -2.29. The summed E-state index contributed by atoms with van der Waals surface area (Å²) >= 11 is 0. The first-order chi connectivity index (χ1) is 12.2. The Morgan fingerprint density at radius 3 is 2.92 bits per heavy atom. The molecule has 2 fully saturated rings. The van der Waals surface area contributed by atoms with E-state index in [1.165, 1.54) is 0 Å². The van der Waals surface area contributed by atoms with Crippen molar-refractivity contribution in [2.75, 3.05) is 25.5 Å². The van der Waals surface area contributed by atoms with Gasteiger partial charge in [-0.05, 0) is 49.9 Å². The molecule has 1 aromatic carbocycles. The summed E-state index contributed by atoms with van der Waals surface area (Å²) < 4.78 is 10.7. The number of anilines is 1. The maximum absolute atomic E-state index is 12.2. The second-order valence-corrected chi connectivity index (χ2v) is 6.84. The Morgan fingerprint density at radius 2 is 2.15 bits per heavy atom. The van der Waals surface area contributed by atoms with Crippen LogP contribution in [0.2, 0.25) is 0 Å². The molecule has 26 heavy (non-hydrogen) atoms. The summed E-state index contributed by atoms with van der Waals surface area (Å²) in [5, 5.41) is 10.2. The van der Waals surface area contributed by atoms with E-state index >= 15 is 0 Å². The molecular weight excluding hydrogens is 356 g/mol. The van der Waals surface area contributed by atoms with Crippen molar-refractivity contribution in [3.05, 3.63) is 36.0 Å². The Labute approximate surface area is 158 Å². The van der Waals surface area contributed by atoms with E-state index in [4.69, 9.17) is 9.26 Å². The van der Waals surface area contributed by atoms with Crippen molar-refractivity contribution in [1.29, 1.82) is 0 Å². The lowest BCUT2D eigenvalue weighted by Gasteiger charge is -2.22. The molecule has 4 rings (SSSR count). The second-order valence-electron chi connectivity index (χ2n) is 6.84. The first kappa shape index (κ1) is 18.7. The highest BCUT2D eigenvalue weighted by Crippen LogP contribution is 2.63. The van der Waals surface area contributed by atoms with Crippen molar-refractivity contribution in [3.63, 3.8) is 0 Å². The number of benzene rings is 1. The van der Waals surface area contributed by atoms with Gasteiger partial charge < -0.3 is 19.9 Å². The summed E-state index contributed by atoms with van der Waals surface area (Å²) in [4.78, 5) is 16.7. The fourth-order valence-electron chi connectivity index (χ4n) is 3.74. The molecule has 0 radical (unpaired) electrons. The molecule has 2 heterocycles. The van der Waals surface area contributed by atoms with Crippen molar-refractivity contribution in [3.8, 4) is 5.75 Å². The SMILES string of the molecule is COc1ccccc1NC(=O)Cc1noc(C2CC23CCNCC3)n1.Cl. The van der Waals surface area contributed by atoms with E-state index in [0.29, 0.717) is 34.5 Å².